The quantitative estimate of drug-likeness (QED) is 0.900. The lowest BCUT2D eigenvalue weighted by Gasteiger charge is -2.15. The predicted octanol–water partition coefficient (Wildman–Crippen LogP) is 2.32. The van der Waals surface area contributed by atoms with Crippen LogP contribution in [0.5, 0.6) is 0 Å². The van der Waals surface area contributed by atoms with Gasteiger partial charge in [-0.3, -0.25) is 9.59 Å². The second-order valence-electron chi connectivity index (χ2n) is 4.59. The van der Waals surface area contributed by atoms with Crippen molar-refractivity contribution in [1.82, 2.24) is 10.2 Å². The zero-order chi connectivity index (χ0) is 13.8. The largest absolute Gasteiger partial charge is 0.464 e. The van der Waals surface area contributed by atoms with Crippen molar-refractivity contribution in [3.63, 3.8) is 0 Å². The van der Waals surface area contributed by atoms with Gasteiger partial charge in [-0.05, 0) is 26.0 Å². The number of hydrogen-bond acceptors (Lipinski definition) is 4. The molecule has 6 heteroatoms. The molecule has 0 spiro atoms. The molecule has 1 aromatic rings. The van der Waals surface area contributed by atoms with Crippen LogP contribution in [-0.2, 0) is 4.79 Å². The van der Waals surface area contributed by atoms with Gasteiger partial charge in [0, 0.05) is 25.3 Å². The van der Waals surface area contributed by atoms with E-state index in [1.807, 2.05) is 26.0 Å². The zero-order valence-corrected chi connectivity index (χ0v) is 12.0. The van der Waals surface area contributed by atoms with Gasteiger partial charge >= 0.3 is 0 Å². The van der Waals surface area contributed by atoms with E-state index in [1.54, 1.807) is 4.90 Å². The number of furan rings is 1. The molecule has 1 N–H and O–H groups in total. The lowest BCUT2D eigenvalue weighted by Crippen LogP contribution is -2.32. The number of carbonyl (C=O) groups excluding carboxylic acids is 2. The van der Waals surface area contributed by atoms with E-state index < -0.39 is 0 Å². The first-order valence-electron chi connectivity index (χ1n) is 6.33. The SMILES string of the molecule is Cc1ccc(C(C)NC(=O)CCN2CCSC2=O)o1. The van der Waals surface area contributed by atoms with Crippen LogP contribution in [0.15, 0.2) is 16.5 Å². The number of rotatable bonds is 5. The third kappa shape index (κ3) is 3.76. The van der Waals surface area contributed by atoms with Gasteiger partial charge in [-0.25, -0.2) is 0 Å². The fourth-order valence-corrected chi connectivity index (χ4v) is 2.79. The first-order valence-corrected chi connectivity index (χ1v) is 7.32. The Morgan fingerprint density at radius 3 is 2.95 bits per heavy atom. The average Bonchev–Trinajstić information content (AvgIpc) is 2.95. The number of aryl methyl sites for hydroxylation is 1. The predicted molar refractivity (Wildman–Crippen MR) is 74.0 cm³/mol. The maximum absolute atomic E-state index is 11.8. The minimum atomic E-state index is -0.148. The molecule has 1 aromatic heterocycles. The smallest absolute Gasteiger partial charge is 0.281 e. The molecule has 1 fully saturated rings. The Bertz CT molecular complexity index is 472. The Morgan fingerprint density at radius 1 is 1.58 bits per heavy atom. The summed E-state index contributed by atoms with van der Waals surface area (Å²) in [6, 6.07) is 3.59. The summed E-state index contributed by atoms with van der Waals surface area (Å²) in [6.45, 7) is 4.98. The lowest BCUT2D eigenvalue weighted by atomic mass is 10.2. The Labute approximate surface area is 116 Å². The molecule has 5 nitrogen and oxygen atoms in total. The molecule has 0 bridgehead atoms. The van der Waals surface area contributed by atoms with Gasteiger partial charge < -0.3 is 14.6 Å². The number of amides is 2. The van der Waals surface area contributed by atoms with Crippen molar-refractivity contribution in [2.24, 2.45) is 0 Å². The van der Waals surface area contributed by atoms with Gasteiger partial charge in [0.05, 0.1) is 6.04 Å². The third-order valence-electron chi connectivity index (χ3n) is 3.02. The van der Waals surface area contributed by atoms with Crippen molar-refractivity contribution in [3.8, 4) is 0 Å². The molecule has 1 atom stereocenters. The summed E-state index contributed by atoms with van der Waals surface area (Å²) in [7, 11) is 0. The van der Waals surface area contributed by atoms with Gasteiger partial charge in [-0.2, -0.15) is 0 Å². The van der Waals surface area contributed by atoms with Crippen molar-refractivity contribution < 1.29 is 14.0 Å². The number of hydrogen-bond donors (Lipinski definition) is 1. The highest BCUT2D eigenvalue weighted by molar-refractivity contribution is 8.13. The van der Waals surface area contributed by atoms with Crippen LogP contribution in [0.25, 0.3) is 0 Å². The van der Waals surface area contributed by atoms with Crippen LogP contribution < -0.4 is 5.32 Å². The molecule has 2 amide bonds. The van der Waals surface area contributed by atoms with Crippen molar-refractivity contribution in [3.05, 3.63) is 23.7 Å². The number of nitrogens with zero attached hydrogens (tertiary/aromatic N) is 1. The highest BCUT2D eigenvalue weighted by Gasteiger charge is 2.21. The van der Waals surface area contributed by atoms with E-state index in [9.17, 15) is 9.59 Å². The van der Waals surface area contributed by atoms with Crippen LogP contribution in [0.4, 0.5) is 4.79 Å². The summed E-state index contributed by atoms with van der Waals surface area (Å²) < 4.78 is 5.46. The maximum Gasteiger partial charge on any atom is 0.281 e. The molecule has 0 saturated carbocycles. The summed E-state index contributed by atoms with van der Waals surface area (Å²) in [6.07, 6.45) is 0.330. The van der Waals surface area contributed by atoms with Crippen molar-refractivity contribution in [2.45, 2.75) is 26.3 Å². The molecule has 0 aliphatic carbocycles. The number of carbonyl (C=O) groups is 2. The fraction of sp³-hybridized carbons (Fsp3) is 0.538. The molecule has 1 aliphatic heterocycles. The molecule has 1 unspecified atom stereocenters. The summed E-state index contributed by atoms with van der Waals surface area (Å²) in [5.41, 5.74) is 0. The lowest BCUT2D eigenvalue weighted by molar-refractivity contribution is -0.122. The summed E-state index contributed by atoms with van der Waals surface area (Å²) in [5, 5.41) is 2.94. The van der Waals surface area contributed by atoms with Gasteiger partial charge in [0.15, 0.2) is 0 Å². The molecular formula is C13H18N2O3S. The van der Waals surface area contributed by atoms with Crippen molar-refractivity contribution in [2.75, 3.05) is 18.8 Å². The first kappa shape index (κ1) is 14.0. The average molecular weight is 282 g/mol. The van der Waals surface area contributed by atoms with Gasteiger partial charge in [-0.1, -0.05) is 11.8 Å². The van der Waals surface area contributed by atoms with Crippen LogP contribution >= 0.6 is 11.8 Å². The minimum Gasteiger partial charge on any atom is -0.464 e. The fourth-order valence-electron chi connectivity index (χ4n) is 1.94. The van der Waals surface area contributed by atoms with E-state index in [0.29, 0.717) is 13.0 Å². The van der Waals surface area contributed by atoms with E-state index in [1.165, 1.54) is 11.8 Å². The van der Waals surface area contributed by atoms with Gasteiger partial charge in [0.25, 0.3) is 5.24 Å². The second-order valence-corrected chi connectivity index (χ2v) is 5.64. The molecule has 1 saturated heterocycles. The maximum atomic E-state index is 11.8. The topological polar surface area (TPSA) is 62.6 Å². The standard InChI is InChI=1S/C13H18N2O3S/c1-9-3-4-11(18-9)10(2)14-12(16)5-6-15-7-8-19-13(15)17/h3-4,10H,5-8H2,1-2H3,(H,14,16). The normalized spacial score (nSPS) is 16.7. The number of thioether (sulfide) groups is 1. The van der Waals surface area contributed by atoms with Gasteiger partial charge in [0.1, 0.15) is 11.5 Å². The molecule has 19 heavy (non-hydrogen) atoms. The van der Waals surface area contributed by atoms with Gasteiger partial charge in [-0.15, -0.1) is 0 Å². The molecule has 2 rings (SSSR count). The molecule has 0 radical (unpaired) electrons. The minimum absolute atomic E-state index is 0.0637. The highest BCUT2D eigenvalue weighted by Crippen LogP contribution is 2.18. The summed E-state index contributed by atoms with van der Waals surface area (Å²) >= 11 is 1.31. The molecule has 2 heterocycles. The molecule has 0 aromatic carbocycles. The van der Waals surface area contributed by atoms with Gasteiger partial charge in [0.2, 0.25) is 5.91 Å². The van der Waals surface area contributed by atoms with Crippen molar-refractivity contribution in [1.29, 1.82) is 0 Å². The first-order chi connectivity index (χ1) is 9.06. The Kier molecular flexibility index (Phi) is 4.52. The molecular weight excluding hydrogens is 264 g/mol. The second kappa shape index (κ2) is 6.14. The zero-order valence-electron chi connectivity index (χ0n) is 11.1. The third-order valence-corrected chi connectivity index (χ3v) is 3.91. The number of nitrogens with one attached hydrogen (secondary N) is 1. The Balaban J connectivity index is 1.76. The Morgan fingerprint density at radius 2 is 2.37 bits per heavy atom. The van der Waals surface area contributed by atoms with Crippen LogP contribution in [0.2, 0.25) is 0 Å². The van der Waals surface area contributed by atoms with E-state index in [2.05, 4.69) is 5.32 Å². The monoisotopic (exact) mass is 282 g/mol. The van der Waals surface area contributed by atoms with E-state index >= 15 is 0 Å². The Hall–Kier alpha value is -1.43. The van der Waals surface area contributed by atoms with Crippen LogP contribution in [0.3, 0.4) is 0 Å². The van der Waals surface area contributed by atoms with Crippen molar-refractivity contribution >= 4 is 22.9 Å². The van der Waals surface area contributed by atoms with E-state index in [0.717, 1.165) is 23.8 Å². The highest BCUT2D eigenvalue weighted by atomic mass is 32.2. The van der Waals surface area contributed by atoms with E-state index in [-0.39, 0.29) is 17.2 Å². The molecule has 1 aliphatic rings. The van der Waals surface area contributed by atoms with Crippen LogP contribution in [0.1, 0.15) is 30.9 Å². The molecule has 104 valence electrons. The summed E-state index contributed by atoms with van der Waals surface area (Å²) in [4.78, 5) is 24.9. The van der Waals surface area contributed by atoms with E-state index in [4.69, 9.17) is 4.42 Å². The van der Waals surface area contributed by atoms with Crippen LogP contribution in [-0.4, -0.2) is 34.9 Å². The van der Waals surface area contributed by atoms with Crippen LogP contribution in [0, 0.1) is 6.92 Å². The summed E-state index contributed by atoms with van der Waals surface area (Å²) in [5.74, 6) is 2.34.